The van der Waals surface area contributed by atoms with Crippen LogP contribution in [0.5, 0.6) is 11.5 Å². The summed E-state index contributed by atoms with van der Waals surface area (Å²) in [5.41, 5.74) is 1.50. The number of ether oxygens (including phenoxy) is 2. The molecule has 3 amide bonds. The van der Waals surface area contributed by atoms with Gasteiger partial charge in [0.15, 0.2) is 11.5 Å². The highest BCUT2D eigenvalue weighted by Crippen LogP contribution is 2.34. The molecule has 1 aliphatic carbocycles. The predicted molar refractivity (Wildman–Crippen MR) is 115 cm³/mol. The van der Waals surface area contributed by atoms with Gasteiger partial charge in [0, 0.05) is 12.5 Å². The van der Waals surface area contributed by atoms with Crippen LogP contribution in [0, 0.1) is 5.92 Å². The predicted octanol–water partition coefficient (Wildman–Crippen LogP) is 2.82. The third kappa shape index (κ3) is 4.26. The average Bonchev–Trinajstić information content (AvgIpc) is 3.60. The lowest BCUT2D eigenvalue weighted by Gasteiger charge is -2.28. The number of nitrogens with zero attached hydrogens (tertiary/aromatic N) is 2. The highest BCUT2D eigenvalue weighted by Gasteiger charge is 2.46. The first-order chi connectivity index (χ1) is 15.0. The maximum atomic E-state index is 13.2. The zero-order valence-electron chi connectivity index (χ0n) is 17.7. The van der Waals surface area contributed by atoms with Gasteiger partial charge in [-0.05, 0) is 49.1 Å². The molecule has 1 unspecified atom stereocenters. The van der Waals surface area contributed by atoms with Gasteiger partial charge in [-0.25, -0.2) is 4.90 Å². The van der Waals surface area contributed by atoms with E-state index in [1.807, 2.05) is 24.3 Å². The lowest BCUT2D eigenvalue weighted by Crippen LogP contribution is -2.47. The van der Waals surface area contributed by atoms with Gasteiger partial charge >= 0.3 is 0 Å². The van der Waals surface area contributed by atoms with Crippen molar-refractivity contribution in [1.29, 1.82) is 0 Å². The molecule has 2 aromatic carbocycles. The summed E-state index contributed by atoms with van der Waals surface area (Å²) in [5, 5.41) is 0. The molecule has 0 aromatic heterocycles. The number of imide groups is 1. The van der Waals surface area contributed by atoms with Crippen molar-refractivity contribution in [3.05, 3.63) is 54.1 Å². The van der Waals surface area contributed by atoms with Crippen molar-refractivity contribution in [1.82, 2.24) is 4.90 Å². The molecule has 7 nitrogen and oxygen atoms in total. The van der Waals surface area contributed by atoms with Crippen LogP contribution in [0.1, 0.15) is 24.8 Å². The molecule has 7 heteroatoms. The van der Waals surface area contributed by atoms with Gasteiger partial charge in [0.05, 0.1) is 26.3 Å². The molecule has 0 spiro atoms. The minimum Gasteiger partial charge on any atom is -0.493 e. The Morgan fingerprint density at radius 1 is 1.03 bits per heavy atom. The number of para-hydroxylation sites is 1. The number of carbonyl (C=O) groups is 3. The van der Waals surface area contributed by atoms with Crippen LogP contribution in [0.4, 0.5) is 5.69 Å². The van der Waals surface area contributed by atoms with E-state index < -0.39 is 6.04 Å². The third-order valence-electron chi connectivity index (χ3n) is 5.81. The summed E-state index contributed by atoms with van der Waals surface area (Å²) < 4.78 is 10.6. The topological polar surface area (TPSA) is 76.2 Å². The second kappa shape index (κ2) is 8.79. The highest BCUT2D eigenvalue weighted by molar-refractivity contribution is 6.23. The Kier molecular flexibility index (Phi) is 5.93. The fourth-order valence-electron chi connectivity index (χ4n) is 3.98. The molecule has 2 aromatic rings. The second-order valence-corrected chi connectivity index (χ2v) is 7.87. The number of carbonyl (C=O) groups excluding carboxylic acids is 3. The first-order valence-corrected chi connectivity index (χ1v) is 10.5. The van der Waals surface area contributed by atoms with E-state index in [9.17, 15) is 14.4 Å². The molecule has 2 aliphatic rings. The molecular weight excluding hydrogens is 396 g/mol. The van der Waals surface area contributed by atoms with Crippen LogP contribution in [0.2, 0.25) is 0 Å². The van der Waals surface area contributed by atoms with Crippen LogP contribution in [0.15, 0.2) is 48.5 Å². The zero-order valence-corrected chi connectivity index (χ0v) is 17.7. The minimum absolute atomic E-state index is 0.0120. The number of rotatable bonds is 8. The Balaban J connectivity index is 1.54. The molecule has 4 rings (SSSR count). The Labute approximate surface area is 181 Å². The quantitative estimate of drug-likeness (QED) is 0.612. The van der Waals surface area contributed by atoms with E-state index in [0.29, 0.717) is 30.2 Å². The van der Waals surface area contributed by atoms with Crippen molar-refractivity contribution < 1.29 is 23.9 Å². The van der Waals surface area contributed by atoms with E-state index in [-0.39, 0.29) is 30.1 Å². The Morgan fingerprint density at radius 3 is 2.39 bits per heavy atom. The first kappa shape index (κ1) is 20.9. The third-order valence-corrected chi connectivity index (χ3v) is 5.81. The van der Waals surface area contributed by atoms with E-state index in [0.717, 1.165) is 18.4 Å². The maximum Gasteiger partial charge on any atom is 0.257 e. The molecular formula is C24H26N2O5. The molecule has 0 N–H and O–H groups in total. The van der Waals surface area contributed by atoms with Crippen molar-refractivity contribution in [2.45, 2.75) is 31.7 Å². The van der Waals surface area contributed by atoms with Gasteiger partial charge in [0.2, 0.25) is 11.8 Å². The molecule has 31 heavy (non-hydrogen) atoms. The second-order valence-electron chi connectivity index (χ2n) is 7.87. The van der Waals surface area contributed by atoms with E-state index >= 15 is 0 Å². The van der Waals surface area contributed by atoms with Gasteiger partial charge in [0.1, 0.15) is 6.04 Å². The van der Waals surface area contributed by atoms with E-state index in [1.165, 1.54) is 4.90 Å². The van der Waals surface area contributed by atoms with Crippen molar-refractivity contribution in [2.75, 3.05) is 25.7 Å². The SMILES string of the molecule is COc1ccc(CCN(C(=O)C2CC2)C2CC(=O)N(c3ccccc3)C2=O)cc1OC. The van der Waals surface area contributed by atoms with E-state index in [2.05, 4.69) is 0 Å². The molecule has 1 atom stereocenters. The highest BCUT2D eigenvalue weighted by atomic mass is 16.5. The number of anilines is 1. The van der Waals surface area contributed by atoms with Crippen LogP contribution in [-0.2, 0) is 20.8 Å². The van der Waals surface area contributed by atoms with Crippen LogP contribution in [-0.4, -0.2) is 49.4 Å². The summed E-state index contributed by atoms with van der Waals surface area (Å²) in [5.74, 6) is 0.550. The van der Waals surface area contributed by atoms with Crippen molar-refractivity contribution >= 4 is 23.4 Å². The van der Waals surface area contributed by atoms with Crippen LogP contribution in [0.3, 0.4) is 0 Å². The summed E-state index contributed by atoms with van der Waals surface area (Å²) in [4.78, 5) is 41.7. The number of methoxy groups -OCH3 is 2. The van der Waals surface area contributed by atoms with Crippen molar-refractivity contribution in [3.63, 3.8) is 0 Å². The minimum atomic E-state index is -0.763. The fraction of sp³-hybridized carbons (Fsp3) is 0.375. The standard InChI is InChI=1S/C24H26N2O5/c1-30-20-11-8-16(14-21(20)31-2)12-13-25(23(28)17-9-10-17)19-15-22(27)26(24(19)29)18-6-4-3-5-7-18/h3-8,11,14,17,19H,9-10,12-13,15H2,1-2H3. The van der Waals surface area contributed by atoms with Gasteiger partial charge in [-0.3, -0.25) is 14.4 Å². The fourth-order valence-corrected chi connectivity index (χ4v) is 3.98. The number of amides is 3. The summed E-state index contributed by atoms with van der Waals surface area (Å²) in [7, 11) is 3.15. The molecule has 2 fully saturated rings. The number of hydrogen-bond acceptors (Lipinski definition) is 5. The summed E-state index contributed by atoms with van der Waals surface area (Å²) in [6.07, 6.45) is 2.23. The lowest BCUT2D eigenvalue weighted by atomic mass is 10.1. The Bertz CT molecular complexity index is 987. The normalized spacial score (nSPS) is 18.3. The molecule has 1 saturated heterocycles. The molecule has 0 bridgehead atoms. The largest absolute Gasteiger partial charge is 0.493 e. The van der Waals surface area contributed by atoms with Crippen LogP contribution < -0.4 is 14.4 Å². The van der Waals surface area contributed by atoms with Crippen molar-refractivity contribution in [2.24, 2.45) is 5.92 Å². The van der Waals surface area contributed by atoms with E-state index in [1.54, 1.807) is 43.4 Å². The number of hydrogen-bond donors (Lipinski definition) is 0. The van der Waals surface area contributed by atoms with Gasteiger partial charge < -0.3 is 14.4 Å². The van der Waals surface area contributed by atoms with Gasteiger partial charge in [-0.15, -0.1) is 0 Å². The Hall–Kier alpha value is -3.35. The van der Waals surface area contributed by atoms with Gasteiger partial charge in [-0.1, -0.05) is 24.3 Å². The molecule has 1 aliphatic heterocycles. The monoisotopic (exact) mass is 422 g/mol. The van der Waals surface area contributed by atoms with Crippen molar-refractivity contribution in [3.8, 4) is 11.5 Å². The molecule has 1 heterocycles. The summed E-state index contributed by atoms with van der Waals surface area (Å²) >= 11 is 0. The molecule has 0 radical (unpaired) electrons. The maximum absolute atomic E-state index is 13.2. The van der Waals surface area contributed by atoms with Gasteiger partial charge in [-0.2, -0.15) is 0 Å². The van der Waals surface area contributed by atoms with Crippen LogP contribution >= 0.6 is 0 Å². The Morgan fingerprint density at radius 2 is 1.74 bits per heavy atom. The van der Waals surface area contributed by atoms with Crippen LogP contribution in [0.25, 0.3) is 0 Å². The lowest BCUT2D eigenvalue weighted by molar-refractivity contribution is -0.139. The first-order valence-electron chi connectivity index (χ1n) is 10.5. The zero-order chi connectivity index (χ0) is 22.0. The summed E-state index contributed by atoms with van der Waals surface area (Å²) in [6.45, 7) is 0.358. The smallest absolute Gasteiger partial charge is 0.257 e. The molecule has 1 saturated carbocycles. The van der Waals surface area contributed by atoms with Gasteiger partial charge in [0.25, 0.3) is 5.91 Å². The average molecular weight is 422 g/mol. The number of benzene rings is 2. The van der Waals surface area contributed by atoms with E-state index in [4.69, 9.17) is 9.47 Å². The summed E-state index contributed by atoms with van der Waals surface area (Å²) in [6, 6.07) is 13.7. The molecule has 162 valence electrons.